The van der Waals surface area contributed by atoms with Gasteiger partial charge >= 0.3 is 0 Å². The summed E-state index contributed by atoms with van der Waals surface area (Å²) in [5.74, 6) is 1.41. The maximum absolute atomic E-state index is 12.7. The zero-order valence-corrected chi connectivity index (χ0v) is 17.8. The van der Waals surface area contributed by atoms with E-state index in [1.165, 1.54) is 0 Å². The number of benzene rings is 2. The molecule has 0 aliphatic rings. The number of aromatic nitrogens is 3. The first-order valence-corrected chi connectivity index (χ1v) is 10.1. The number of pyridine rings is 1. The minimum Gasteiger partial charge on any atom is -0.493 e. The molecule has 0 saturated carbocycles. The molecule has 4 aromatic rings. The van der Waals surface area contributed by atoms with Crippen LogP contribution in [0.15, 0.2) is 71.3 Å². The van der Waals surface area contributed by atoms with Gasteiger partial charge in [0.25, 0.3) is 5.91 Å². The van der Waals surface area contributed by atoms with Crippen molar-refractivity contribution < 1.29 is 14.3 Å². The molecular weight excluding hydrogens is 448 g/mol. The minimum atomic E-state index is -0.253. The Balaban J connectivity index is 1.48. The van der Waals surface area contributed by atoms with Crippen LogP contribution < -0.4 is 14.8 Å². The normalized spacial score (nSPS) is 10.7. The molecule has 7 nitrogen and oxygen atoms in total. The highest BCUT2D eigenvalue weighted by Crippen LogP contribution is 2.37. The second kappa shape index (κ2) is 8.96. The standard InChI is InChI=1S/C22H19BrN4O3/c1-29-18-12-16(11-17(23)21(18)30-14-15-7-3-2-4-8-15)22(28)24-13-20-26-25-19-9-5-6-10-27(19)20/h2-12H,13-14H2,1H3,(H,24,28). The van der Waals surface area contributed by atoms with Crippen molar-refractivity contribution in [1.29, 1.82) is 0 Å². The van der Waals surface area contributed by atoms with E-state index in [0.29, 0.717) is 34.0 Å². The van der Waals surface area contributed by atoms with E-state index in [-0.39, 0.29) is 12.5 Å². The highest BCUT2D eigenvalue weighted by Gasteiger charge is 2.16. The Labute approximate surface area is 181 Å². The lowest BCUT2D eigenvalue weighted by molar-refractivity contribution is 0.0949. The Morgan fingerprint density at radius 3 is 2.70 bits per heavy atom. The summed E-state index contributed by atoms with van der Waals surface area (Å²) in [5.41, 5.74) is 2.21. The largest absolute Gasteiger partial charge is 0.493 e. The number of hydrogen-bond donors (Lipinski definition) is 1. The Kier molecular flexibility index (Phi) is 5.94. The third-order valence-electron chi connectivity index (χ3n) is 4.51. The minimum absolute atomic E-state index is 0.246. The molecule has 0 atom stereocenters. The summed E-state index contributed by atoms with van der Waals surface area (Å²) in [6.45, 7) is 0.636. The molecule has 2 aromatic carbocycles. The Hall–Kier alpha value is -3.39. The van der Waals surface area contributed by atoms with Gasteiger partial charge < -0.3 is 14.8 Å². The average molecular weight is 467 g/mol. The lowest BCUT2D eigenvalue weighted by Gasteiger charge is -2.14. The second-order valence-electron chi connectivity index (χ2n) is 6.49. The molecule has 0 aliphatic heterocycles. The third kappa shape index (κ3) is 4.28. The number of rotatable bonds is 7. The quantitative estimate of drug-likeness (QED) is 0.445. The van der Waals surface area contributed by atoms with E-state index in [1.807, 2.05) is 59.1 Å². The second-order valence-corrected chi connectivity index (χ2v) is 7.35. The fourth-order valence-electron chi connectivity index (χ4n) is 2.99. The van der Waals surface area contributed by atoms with Gasteiger partial charge in [0.05, 0.1) is 18.1 Å². The van der Waals surface area contributed by atoms with Crippen molar-refractivity contribution >= 4 is 27.5 Å². The van der Waals surface area contributed by atoms with Crippen molar-refractivity contribution in [2.75, 3.05) is 7.11 Å². The molecular formula is C22H19BrN4O3. The van der Waals surface area contributed by atoms with Crippen molar-refractivity contribution in [3.05, 3.63) is 88.3 Å². The lowest BCUT2D eigenvalue weighted by atomic mass is 10.2. The Morgan fingerprint density at radius 2 is 1.90 bits per heavy atom. The summed E-state index contributed by atoms with van der Waals surface area (Å²) < 4.78 is 13.8. The summed E-state index contributed by atoms with van der Waals surface area (Å²) in [4.78, 5) is 12.7. The first-order chi connectivity index (χ1) is 14.7. The molecule has 2 aromatic heterocycles. The fourth-order valence-corrected chi connectivity index (χ4v) is 3.55. The van der Waals surface area contributed by atoms with E-state index in [1.54, 1.807) is 19.2 Å². The van der Waals surface area contributed by atoms with E-state index in [9.17, 15) is 4.79 Å². The van der Waals surface area contributed by atoms with E-state index in [4.69, 9.17) is 9.47 Å². The number of ether oxygens (including phenoxy) is 2. The van der Waals surface area contributed by atoms with Crippen LogP contribution in [0.4, 0.5) is 0 Å². The van der Waals surface area contributed by atoms with Crippen LogP contribution in [0.1, 0.15) is 21.7 Å². The highest BCUT2D eigenvalue weighted by atomic mass is 79.9. The number of methoxy groups -OCH3 is 1. The van der Waals surface area contributed by atoms with E-state index in [0.717, 1.165) is 11.2 Å². The maximum atomic E-state index is 12.7. The molecule has 0 aliphatic carbocycles. The van der Waals surface area contributed by atoms with Crippen LogP contribution >= 0.6 is 15.9 Å². The predicted octanol–water partition coefficient (Wildman–Crippen LogP) is 4.01. The summed E-state index contributed by atoms with van der Waals surface area (Å²) in [5, 5.41) is 11.1. The molecule has 0 radical (unpaired) electrons. The van der Waals surface area contributed by atoms with Gasteiger partial charge in [-0.3, -0.25) is 9.20 Å². The zero-order valence-electron chi connectivity index (χ0n) is 16.2. The molecule has 0 saturated heterocycles. The lowest BCUT2D eigenvalue weighted by Crippen LogP contribution is -2.24. The smallest absolute Gasteiger partial charge is 0.251 e. The highest BCUT2D eigenvalue weighted by molar-refractivity contribution is 9.10. The molecule has 0 unspecified atom stereocenters. The fraction of sp³-hybridized carbons (Fsp3) is 0.136. The number of carbonyl (C=O) groups is 1. The molecule has 1 amide bonds. The van der Waals surface area contributed by atoms with Crippen LogP contribution in [-0.2, 0) is 13.2 Å². The number of halogens is 1. The van der Waals surface area contributed by atoms with Gasteiger partial charge in [-0.2, -0.15) is 0 Å². The van der Waals surface area contributed by atoms with E-state index in [2.05, 4.69) is 31.4 Å². The molecule has 0 fully saturated rings. The average Bonchev–Trinajstić information content (AvgIpc) is 3.20. The van der Waals surface area contributed by atoms with Crippen LogP contribution in [0.2, 0.25) is 0 Å². The molecule has 30 heavy (non-hydrogen) atoms. The van der Waals surface area contributed by atoms with Gasteiger partial charge in [-0.25, -0.2) is 0 Å². The van der Waals surface area contributed by atoms with Crippen molar-refractivity contribution in [2.24, 2.45) is 0 Å². The SMILES string of the molecule is COc1cc(C(=O)NCc2nnc3ccccn23)cc(Br)c1OCc1ccccc1. The van der Waals surface area contributed by atoms with Crippen LogP contribution in [0.3, 0.4) is 0 Å². The number of carbonyl (C=O) groups excluding carboxylic acids is 1. The first-order valence-electron chi connectivity index (χ1n) is 9.27. The Bertz CT molecular complexity index is 1180. The maximum Gasteiger partial charge on any atom is 0.251 e. The molecule has 152 valence electrons. The molecule has 2 heterocycles. The molecule has 1 N–H and O–H groups in total. The number of amides is 1. The predicted molar refractivity (Wildman–Crippen MR) is 116 cm³/mol. The topological polar surface area (TPSA) is 77.8 Å². The zero-order chi connectivity index (χ0) is 20.9. The number of nitrogens with one attached hydrogen (secondary N) is 1. The monoisotopic (exact) mass is 466 g/mol. The van der Waals surface area contributed by atoms with Gasteiger partial charge in [0.15, 0.2) is 23.0 Å². The van der Waals surface area contributed by atoms with Gasteiger partial charge in [0.2, 0.25) is 0 Å². The first kappa shape index (κ1) is 19.9. The molecule has 8 heteroatoms. The third-order valence-corrected chi connectivity index (χ3v) is 5.10. The number of fused-ring (bicyclic) bond motifs is 1. The summed E-state index contributed by atoms with van der Waals surface area (Å²) >= 11 is 3.49. The van der Waals surface area contributed by atoms with Crippen molar-refractivity contribution in [2.45, 2.75) is 13.2 Å². The number of nitrogens with zero attached hydrogens (tertiary/aromatic N) is 3. The van der Waals surface area contributed by atoms with Gasteiger partial charge in [-0.05, 0) is 45.8 Å². The van der Waals surface area contributed by atoms with Crippen LogP contribution in [0, 0.1) is 0 Å². The van der Waals surface area contributed by atoms with Crippen LogP contribution in [0.5, 0.6) is 11.5 Å². The summed E-state index contributed by atoms with van der Waals surface area (Å²) in [6.07, 6.45) is 1.86. The van der Waals surface area contributed by atoms with Gasteiger partial charge in [-0.15, -0.1) is 10.2 Å². The molecule has 0 spiro atoms. The van der Waals surface area contributed by atoms with Crippen molar-refractivity contribution in [1.82, 2.24) is 19.9 Å². The van der Waals surface area contributed by atoms with Crippen molar-refractivity contribution in [3.8, 4) is 11.5 Å². The van der Waals surface area contributed by atoms with Gasteiger partial charge in [0, 0.05) is 11.8 Å². The van der Waals surface area contributed by atoms with E-state index >= 15 is 0 Å². The summed E-state index contributed by atoms with van der Waals surface area (Å²) in [7, 11) is 1.54. The van der Waals surface area contributed by atoms with Crippen LogP contribution in [-0.4, -0.2) is 27.6 Å². The number of hydrogen-bond acceptors (Lipinski definition) is 5. The Morgan fingerprint density at radius 1 is 1.10 bits per heavy atom. The van der Waals surface area contributed by atoms with Gasteiger partial charge in [-0.1, -0.05) is 36.4 Å². The molecule has 0 bridgehead atoms. The molecule has 4 rings (SSSR count). The van der Waals surface area contributed by atoms with E-state index < -0.39 is 0 Å². The van der Waals surface area contributed by atoms with Crippen LogP contribution in [0.25, 0.3) is 5.65 Å². The van der Waals surface area contributed by atoms with Crippen molar-refractivity contribution in [3.63, 3.8) is 0 Å². The van der Waals surface area contributed by atoms with Gasteiger partial charge in [0.1, 0.15) is 6.61 Å². The summed E-state index contributed by atoms with van der Waals surface area (Å²) in [6, 6.07) is 18.8.